The summed E-state index contributed by atoms with van der Waals surface area (Å²) in [6.07, 6.45) is 0.253. The van der Waals surface area contributed by atoms with Crippen LogP contribution in [0.15, 0.2) is 46.1 Å². The molecule has 0 saturated carbocycles. The SMILES string of the molecule is Cc1cc2cc(CN(CCCO)S(=O)(=O)c3ccc(C)c(Cl)c3)c(=O)[nH]c2cc1C. The lowest BCUT2D eigenvalue weighted by molar-refractivity contribution is 0.267. The van der Waals surface area contributed by atoms with E-state index in [1.165, 1.54) is 16.4 Å². The first-order valence-electron chi connectivity index (χ1n) is 9.64. The van der Waals surface area contributed by atoms with Crippen molar-refractivity contribution in [3.8, 4) is 0 Å². The summed E-state index contributed by atoms with van der Waals surface area (Å²) in [5, 5.41) is 10.4. The Morgan fingerprint density at radius 1 is 1.03 bits per heavy atom. The van der Waals surface area contributed by atoms with Gasteiger partial charge in [-0.1, -0.05) is 17.7 Å². The highest BCUT2D eigenvalue weighted by molar-refractivity contribution is 7.89. The van der Waals surface area contributed by atoms with Crippen LogP contribution in [0.4, 0.5) is 0 Å². The molecule has 0 amide bonds. The summed E-state index contributed by atoms with van der Waals surface area (Å²) >= 11 is 6.13. The maximum absolute atomic E-state index is 13.3. The molecule has 0 aliphatic rings. The monoisotopic (exact) mass is 448 g/mol. The van der Waals surface area contributed by atoms with E-state index in [9.17, 15) is 18.3 Å². The first-order valence-corrected chi connectivity index (χ1v) is 11.5. The molecule has 30 heavy (non-hydrogen) atoms. The summed E-state index contributed by atoms with van der Waals surface area (Å²) in [4.78, 5) is 15.6. The molecule has 0 fully saturated rings. The molecule has 2 N–H and O–H groups in total. The smallest absolute Gasteiger partial charge is 0.252 e. The molecule has 160 valence electrons. The van der Waals surface area contributed by atoms with Crippen molar-refractivity contribution in [1.29, 1.82) is 0 Å². The summed E-state index contributed by atoms with van der Waals surface area (Å²) in [6, 6.07) is 10.2. The third kappa shape index (κ3) is 4.59. The van der Waals surface area contributed by atoms with Crippen LogP contribution < -0.4 is 5.56 Å². The highest BCUT2D eigenvalue weighted by Gasteiger charge is 2.26. The largest absolute Gasteiger partial charge is 0.396 e. The number of H-pyrrole nitrogens is 1. The van der Waals surface area contributed by atoms with Crippen molar-refractivity contribution in [2.24, 2.45) is 0 Å². The van der Waals surface area contributed by atoms with Crippen molar-refractivity contribution in [3.63, 3.8) is 0 Å². The van der Waals surface area contributed by atoms with Crippen LogP contribution in [-0.4, -0.2) is 36.0 Å². The summed E-state index contributed by atoms with van der Waals surface area (Å²) in [5.41, 5.74) is 3.63. The Balaban J connectivity index is 2.04. The van der Waals surface area contributed by atoms with Gasteiger partial charge < -0.3 is 10.1 Å². The minimum absolute atomic E-state index is 0.0553. The minimum atomic E-state index is -3.91. The zero-order valence-corrected chi connectivity index (χ0v) is 18.8. The number of hydrogen-bond acceptors (Lipinski definition) is 4. The highest BCUT2D eigenvalue weighted by Crippen LogP contribution is 2.24. The van der Waals surface area contributed by atoms with Crippen LogP contribution in [0.5, 0.6) is 0 Å². The van der Waals surface area contributed by atoms with Gasteiger partial charge in [0.15, 0.2) is 0 Å². The third-order valence-electron chi connectivity index (χ3n) is 5.23. The highest BCUT2D eigenvalue weighted by atomic mass is 35.5. The molecule has 0 radical (unpaired) electrons. The van der Waals surface area contributed by atoms with Crippen molar-refractivity contribution in [3.05, 3.63) is 74.0 Å². The first-order chi connectivity index (χ1) is 14.1. The van der Waals surface area contributed by atoms with Gasteiger partial charge in [0, 0.05) is 35.8 Å². The number of halogens is 1. The van der Waals surface area contributed by atoms with Gasteiger partial charge in [0.25, 0.3) is 5.56 Å². The zero-order chi connectivity index (χ0) is 22.1. The molecule has 0 spiro atoms. The molecule has 0 aliphatic heterocycles. The van der Waals surface area contributed by atoms with Crippen molar-refractivity contribution in [2.45, 2.75) is 38.6 Å². The van der Waals surface area contributed by atoms with Crippen molar-refractivity contribution < 1.29 is 13.5 Å². The molecule has 3 rings (SSSR count). The molecule has 3 aromatic rings. The molecule has 0 saturated heterocycles. The lowest BCUT2D eigenvalue weighted by Gasteiger charge is -2.22. The number of aliphatic hydroxyl groups excluding tert-OH is 1. The van der Waals surface area contributed by atoms with Gasteiger partial charge in [0.05, 0.1) is 4.90 Å². The van der Waals surface area contributed by atoms with E-state index < -0.39 is 10.0 Å². The van der Waals surface area contributed by atoms with Gasteiger partial charge in [-0.15, -0.1) is 0 Å². The van der Waals surface area contributed by atoms with E-state index >= 15 is 0 Å². The molecule has 1 aromatic heterocycles. The van der Waals surface area contributed by atoms with Gasteiger partial charge in [-0.05, 0) is 79.6 Å². The predicted octanol–water partition coefficient (Wildman–Crippen LogP) is 3.68. The van der Waals surface area contributed by atoms with Gasteiger partial charge in [-0.3, -0.25) is 4.79 Å². The van der Waals surface area contributed by atoms with E-state index in [1.807, 2.05) is 26.0 Å². The number of rotatable bonds is 7. The summed E-state index contributed by atoms with van der Waals surface area (Å²) in [5.74, 6) is 0. The number of aromatic amines is 1. The number of hydrogen-bond donors (Lipinski definition) is 2. The van der Waals surface area contributed by atoms with Gasteiger partial charge in [-0.25, -0.2) is 8.42 Å². The number of aliphatic hydroxyl groups is 1. The summed E-state index contributed by atoms with van der Waals surface area (Å²) in [7, 11) is -3.91. The number of pyridine rings is 1. The van der Waals surface area contributed by atoms with Gasteiger partial charge in [0.2, 0.25) is 10.0 Å². The number of nitrogens with one attached hydrogen (secondary N) is 1. The van der Waals surface area contributed by atoms with E-state index in [-0.39, 0.29) is 36.6 Å². The Morgan fingerprint density at radius 3 is 2.40 bits per heavy atom. The minimum Gasteiger partial charge on any atom is -0.396 e. The number of aryl methyl sites for hydroxylation is 3. The maximum atomic E-state index is 13.3. The van der Waals surface area contributed by atoms with E-state index in [0.717, 1.165) is 22.1 Å². The number of sulfonamides is 1. The molecular formula is C22H25ClN2O4S. The summed E-state index contributed by atoms with van der Waals surface area (Å²) < 4.78 is 27.7. The molecule has 1 heterocycles. The first kappa shape index (κ1) is 22.5. The molecular weight excluding hydrogens is 424 g/mol. The van der Waals surface area contributed by atoms with Crippen LogP contribution in [0.1, 0.15) is 28.7 Å². The van der Waals surface area contributed by atoms with Crippen LogP contribution in [0.2, 0.25) is 5.02 Å². The average molecular weight is 449 g/mol. The normalized spacial score (nSPS) is 12.1. The Bertz CT molecular complexity index is 1250. The number of fused-ring (bicyclic) bond motifs is 1. The van der Waals surface area contributed by atoms with E-state index in [1.54, 1.807) is 19.1 Å². The van der Waals surface area contributed by atoms with Crippen LogP contribution in [-0.2, 0) is 16.6 Å². The third-order valence-corrected chi connectivity index (χ3v) is 7.48. The van der Waals surface area contributed by atoms with Gasteiger partial charge in [0.1, 0.15) is 0 Å². The summed E-state index contributed by atoms with van der Waals surface area (Å²) in [6.45, 7) is 5.56. The lowest BCUT2D eigenvalue weighted by Crippen LogP contribution is -2.34. The van der Waals surface area contributed by atoms with E-state index in [2.05, 4.69) is 4.98 Å². The van der Waals surface area contributed by atoms with Gasteiger partial charge in [-0.2, -0.15) is 4.31 Å². The zero-order valence-electron chi connectivity index (χ0n) is 17.2. The second kappa shape index (κ2) is 8.89. The molecule has 6 nitrogen and oxygen atoms in total. The van der Waals surface area contributed by atoms with Crippen LogP contribution in [0.25, 0.3) is 10.9 Å². The van der Waals surface area contributed by atoms with E-state index in [0.29, 0.717) is 16.1 Å². The van der Waals surface area contributed by atoms with Crippen LogP contribution >= 0.6 is 11.6 Å². The Morgan fingerprint density at radius 2 is 1.73 bits per heavy atom. The Hall–Kier alpha value is -2.19. The maximum Gasteiger partial charge on any atom is 0.252 e. The standard InChI is InChI=1S/C22H25ClN2O4S/c1-14-5-6-19(12-20(14)23)30(28,29)25(7-4-8-26)13-18-11-17-9-15(2)16(3)10-21(17)24-22(18)27/h5-6,9-12,26H,4,7-8,13H2,1-3H3,(H,24,27). The van der Waals surface area contributed by atoms with Crippen molar-refractivity contribution in [2.75, 3.05) is 13.2 Å². The molecule has 0 aliphatic carbocycles. The second-order valence-corrected chi connectivity index (χ2v) is 9.82. The molecule has 0 bridgehead atoms. The second-order valence-electron chi connectivity index (χ2n) is 7.47. The number of benzene rings is 2. The quantitative estimate of drug-likeness (QED) is 0.576. The average Bonchev–Trinajstić information content (AvgIpc) is 2.68. The van der Waals surface area contributed by atoms with Crippen molar-refractivity contribution in [1.82, 2.24) is 9.29 Å². The fourth-order valence-corrected chi connectivity index (χ4v) is 4.97. The molecule has 0 unspecified atom stereocenters. The van der Waals surface area contributed by atoms with Gasteiger partial charge >= 0.3 is 0 Å². The van der Waals surface area contributed by atoms with Crippen LogP contribution in [0.3, 0.4) is 0 Å². The fraction of sp³-hybridized carbons (Fsp3) is 0.318. The number of nitrogens with zero attached hydrogens (tertiary/aromatic N) is 1. The van der Waals surface area contributed by atoms with Crippen molar-refractivity contribution >= 4 is 32.5 Å². The Kier molecular flexibility index (Phi) is 6.67. The number of aromatic nitrogens is 1. The lowest BCUT2D eigenvalue weighted by atomic mass is 10.0. The molecule has 8 heteroatoms. The fourth-order valence-electron chi connectivity index (χ4n) is 3.24. The topological polar surface area (TPSA) is 90.5 Å². The predicted molar refractivity (Wildman–Crippen MR) is 120 cm³/mol. The van der Waals surface area contributed by atoms with E-state index in [4.69, 9.17) is 11.6 Å². The van der Waals surface area contributed by atoms with Crippen LogP contribution in [0, 0.1) is 20.8 Å². The molecule has 0 atom stereocenters. The molecule has 2 aromatic carbocycles. The Labute approximate surface area is 181 Å².